The molecule has 1 rings (SSSR count). The number of nitrogens with zero attached hydrogens (tertiary/aromatic N) is 3. The lowest BCUT2D eigenvalue weighted by molar-refractivity contribution is -0.122. The van der Waals surface area contributed by atoms with Crippen molar-refractivity contribution in [3.05, 3.63) is 12.2 Å². The number of carbonyl (C=O) groups excluding carboxylic acids is 1. The van der Waals surface area contributed by atoms with Crippen molar-refractivity contribution in [3.63, 3.8) is 0 Å². The Bertz CT molecular complexity index is 322. The zero-order valence-corrected chi connectivity index (χ0v) is 9.10. The number of nitrogens with one attached hydrogen (secondary N) is 1. The van der Waals surface area contributed by atoms with Crippen LogP contribution < -0.4 is 11.1 Å². The Balaban J connectivity index is 2.37. The highest BCUT2D eigenvalue weighted by Crippen LogP contribution is 1.95. The third-order valence-corrected chi connectivity index (χ3v) is 2.16. The van der Waals surface area contributed by atoms with Crippen molar-refractivity contribution in [2.45, 2.75) is 32.4 Å². The van der Waals surface area contributed by atoms with E-state index in [1.54, 1.807) is 10.9 Å². The number of aromatic nitrogens is 3. The minimum Gasteiger partial charge on any atom is -0.347 e. The van der Waals surface area contributed by atoms with Crippen LogP contribution in [-0.4, -0.2) is 26.7 Å². The van der Waals surface area contributed by atoms with Gasteiger partial charge in [0.15, 0.2) is 5.82 Å². The predicted molar refractivity (Wildman–Crippen MR) is 55.7 cm³/mol. The lowest BCUT2D eigenvalue weighted by Crippen LogP contribution is -2.40. The topological polar surface area (TPSA) is 85.8 Å². The van der Waals surface area contributed by atoms with Crippen LogP contribution in [0.2, 0.25) is 0 Å². The van der Waals surface area contributed by atoms with Crippen molar-refractivity contribution >= 4 is 5.91 Å². The van der Waals surface area contributed by atoms with E-state index in [0.29, 0.717) is 18.8 Å². The number of hydrogen-bond donors (Lipinski definition) is 2. The fraction of sp³-hybridized carbons (Fsp3) is 0.667. The number of rotatable bonds is 5. The fourth-order valence-electron chi connectivity index (χ4n) is 1.21. The average molecular weight is 211 g/mol. The average Bonchev–Trinajstić information content (AvgIpc) is 2.61. The number of aryl methyl sites for hydroxylation is 1. The van der Waals surface area contributed by atoms with E-state index in [9.17, 15) is 4.79 Å². The van der Waals surface area contributed by atoms with Gasteiger partial charge in [0.1, 0.15) is 6.33 Å². The molecular weight excluding hydrogens is 194 g/mol. The van der Waals surface area contributed by atoms with Crippen LogP contribution in [0.3, 0.4) is 0 Å². The fourth-order valence-corrected chi connectivity index (χ4v) is 1.21. The van der Waals surface area contributed by atoms with E-state index >= 15 is 0 Å². The Kier molecular flexibility index (Phi) is 4.23. The Morgan fingerprint density at radius 2 is 2.47 bits per heavy atom. The summed E-state index contributed by atoms with van der Waals surface area (Å²) in [6, 6.07) is -0.428. The molecule has 6 nitrogen and oxygen atoms in total. The molecule has 1 amide bonds. The number of carbonyl (C=O) groups is 1. The number of nitrogens with two attached hydrogens (primary N) is 1. The number of amides is 1. The molecule has 0 spiro atoms. The summed E-state index contributed by atoms with van der Waals surface area (Å²) in [6.07, 6.45) is 3.19. The normalized spacial score (nSPS) is 12.5. The molecule has 0 aliphatic rings. The van der Waals surface area contributed by atoms with Gasteiger partial charge in [0.25, 0.3) is 0 Å². The molecule has 0 radical (unpaired) electrons. The molecule has 0 aliphatic carbocycles. The van der Waals surface area contributed by atoms with Crippen LogP contribution in [0, 0.1) is 0 Å². The second-order valence-electron chi connectivity index (χ2n) is 3.47. The third kappa shape index (κ3) is 3.32. The van der Waals surface area contributed by atoms with E-state index in [4.69, 9.17) is 5.73 Å². The highest BCUT2D eigenvalue weighted by Gasteiger charge is 2.12. The standard InChI is InChI=1S/C9H17N5O/c1-3-4-7(10)9(15)11-5-8-13-12-6-14(8)2/h6-7H,3-5,10H2,1-2H3,(H,11,15). The molecule has 0 fully saturated rings. The van der Waals surface area contributed by atoms with Crippen molar-refractivity contribution in [2.24, 2.45) is 12.8 Å². The van der Waals surface area contributed by atoms with Gasteiger partial charge in [-0.05, 0) is 6.42 Å². The Hall–Kier alpha value is -1.43. The first-order chi connectivity index (χ1) is 7.15. The van der Waals surface area contributed by atoms with Crippen molar-refractivity contribution in [2.75, 3.05) is 0 Å². The molecule has 0 saturated carbocycles. The predicted octanol–water partition coefficient (Wildman–Crippen LogP) is -0.441. The molecule has 0 aromatic carbocycles. The van der Waals surface area contributed by atoms with E-state index in [1.165, 1.54) is 0 Å². The van der Waals surface area contributed by atoms with Crippen molar-refractivity contribution in [1.29, 1.82) is 0 Å². The maximum absolute atomic E-state index is 11.4. The first-order valence-corrected chi connectivity index (χ1v) is 5.01. The van der Waals surface area contributed by atoms with Crippen LogP contribution in [-0.2, 0) is 18.4 Å². The third-order valence-electron chi connectivity index (χ3n) is 2.16. The molecular formula is C9H17N5O. The van der Waals surface area contributed by atoms with Crippen molar-refractivity contribution in [3.8, 4) is 0 Å². The second kappa shape index (κ2) is 5.45. The highest BCUT2D eigenvalue weighted by atomic mass is 16.2. The monoisotopic (exact) mass is 211 g/mol. The molecule has 1 aromatic heterocycles. The summed E-state index contributed by atoms with van der Waals surface area (Å²) >= 11 is 0. The summed E-state index contributed by atoms with van der Waals surface area (Å²) < 4.78 is 1.76. The molecule has 1 aromatic rings. The van der Waals surface area contributed by atoms with Crippen molar-refractivity contribution in [1.82, 2.24) is 20.1 Å². The zero-order chi connectivity index (χ0) is 11.3. The van der Waals surface area contributed by atoms with Gasteiger partial charge in [-0.3, -0.25) is 4.79 Å². The smallest absolute Gasteiger partial charge is 0.237 e. The summed E-state index contributed by atoms with van der Waals surface area (Å²) in [4.78, 5) is 11.4. The Morgan fingerprint density at radius 1 is 1.73 bits per heavy atom. The van der Waals surface area contributed by atoms with Gasteiger partial charge in [-0.25, -0.2) is 0 Å². The summed E-state index contributed by atoms with van der Waals surface area (Å²) in [5.74, 6) is 0.576. The van der Waals surface area contributed by atoms with E-state index in [2.05, 4.69) is 15.5 Å². The van der Waals surface area contributed by atoms with Crippen LogP contribution in [0.1, 0.15) is 25.6 Å². The lowest BCUT2D eigenvalue weighted by Gasteiger charge is -2.10. The van der Waals surface area contributed by atoms with Crippen LogP contribution >= 0.6 is 0 Å². The molecule has 0 bridgehead atoms. The van der Waals surface area contributed by atoms with Gasteiger partial charge in [-0.2, -0.15) is 0 Å². The van der Waals surface area contributed by atoms with Gasteiger partial charge in [-0.1, -0.05) is 13.3 Å². The lowest BCUT2D eigenvalue weighted by atomic mass is 10.2. The molecule has 0 aliphatic heterocycles. The molecule has 1 unspecified atom stereocenters. The molecule has 0 saturated heterocycles. The quantitative estimate of drug-likeness (QED) is 0.691. The van der Waals surface area contributed by atoms with Gasteiger partial charge in [-0.15, -0.1) is 10.2 Å². The first kappa shape index (κ1) is 11.6. The molecule has 1 atom stereocenters. The van der Waals surface area contributed by atoms with E-state index in [-0.39, 0.29) is 5.91 Å². The second-order valence-corrected chi connectivity index (χ2v) is 3.47. The summed E-state index contributed by atoms with van der Waals surface area (Å²) in [5.41, 5.74) is 5.65. The maximum atomic E-state index is 11.4. The minimum absolute atomic E-state index is 0.139. The summed E-state index contributed by atoms with van der Waals surface area (Å²) in [6.45, 7) is 2.36. The van der Waals surface area contributed by atoms with Gasteiger partial charge >= 0.3 is 0 Å². The highest BCUT2D eigenvalue weighted by molar-refractivity contribution is 5.81. The molecule has 1 heterocycles. The van der Waals surface area contributed by atoms with E-state index in [1.807, 2.05) is 14.0 Å². The molecule has 3 N–H and O–H groups in total. The maximum Gasteiger partial charge on any atom is 0.237 e. The number of hydrogen-bond acceptors (Lipinski definition) is 4. The summed E-state index contributed by atoms with van der Waals surface area (Å²) in [7, 11) is 1.83. The Morgan fingerprint density at radius 3 is 3.00 bits per heavy atom. The van der Waals surface area contributed by atoms with Gasteiger partial charge in [0, 0.05) is 7.05 Å². The van der Waals surface area contributed by atoms with Gasteiger partial charge < -0.3 is 15.6 Å². The molecule has 84 valence electrons. The summed E-state index contributed by atoms with van der Waals surface area (Å²) in [5, 5.41) is 10.3. The van der Waals surface area contributed by atoms with Crippen molar-refractivity contribution < 1.29 is 4.79 Å². The zero-order valence-electron chi connectivity index (χ0n) is 9.10. The first-order valence-electron chi connectivity index (χ1n) is 5.01. The van der Waals surface area contributed by atoms with Gasteiger partial charge in [0.05, 0.1) is 12.6 Å². The Labute approximate surface area is 88.9 Å². The molecule has 6 heteroatoms. The van der Waals surface area contributed by atoms with Crippen LogP contribution in [0.4, 0.5) is 0 Å². The minimum atomic E-state index is -0.428. The van der Waals surface area contributed by atoms with E-state index in [0.717, 1.165) is 6.42 Å². The van der Waals surface area contributed by atoms with E-state index < -0.39 is 6.04 Å². The van der Waals surface area contributed by atoms with Gasteiger partial charge in [0.2, 0.25) is 5.91 Å². The van der Waals surface area contributed by atoms with Crippen LogP contribution in [0.25, 0.3) is 0 Å². The molecule has 15 heavy (non-hydrogen) atoms. The van der Waals surface area contributed by atoms with Crippen LogP contribution in [0.5, 0.6) is 0 Å². The SMILES string of the molecule is CCCC(N)C(=O)NCc1nncn1C. The van der Waals surface area contributed by atoms with Crippen LogP contribution in [0.15, 0.2) is 6.33 Å². The largest absolute Gasteiger partial charge is 0.347 e.